The summed E-state index contributed by atoms with van der Waals surface area (Å²) in [5.41, 5.74) is 2.86. The summed E-state index contributed by atoms with van der Waals surface area (Å²) < 4.78 is 10.5. The number of aromatic hydroxyl groups is 1. The Hall–Kier alpha value is -2.75. The zero-order valence-electron chi connectivity index (χ0n) is 14.4. The monoisotopic (exact) mass is 326 g/mol. The Morgan fingerprint density at radius 1 is 1.12 bits per heavy atom. The molecule has 0 amide bonds. The summed E-state index contributed by atoms with van der Waals surface area (Å²) >= 11 is 0. The lowest BCUT2D eigenvalue weighted by Gasteiger charge is -2.12. The Labute approximate surface area is 142 Å². The number of hydrogen-bond donors (Lipinski definition) is 1. The number of rotatable bonds is 5. The highest BCUT2D eigenvalue weighted by Crippen LogP contribution is 2.28. The molecule has 2 aromatic carbocycles. The molecule has 0 aliphatic heterocycles. The molecule has 24 heavy (non-hydrogen) atoms. The second kappa shape index (κ2) is 7.68. The van der Waals surface area contributed by atoms with Gasteiger partial charge < -0.3 is 14.6 Å². The summed E-state index contributed by atoms with van der Waals surface area (Å²) in [7, 11) is 1.47. The first-order valence-corrected chi connectivity index (χ1v) is 7.78. The summed E-state index contributed by atoms with van der Waals surface area (Å²) in [5.74, 6) is 0.795. The fraction of sp³-hybridized carbons (Fsp3) is 0.250. The molecule has 0 atom stereocenters. The van der Waals surface area contributed by atoms with Crippen LogP contribution in [0.2, 0.25) is 0 Å². The van der Waals surface area contributed by atoms with E-state index in [1.54, 1.807) is 18.2 Å². The van der Waals surface area contributed by atoms with Crippen molar-refractivity contribution in [2.45, 2.75) is 26.7 Å². The van der Waals surface area contributed by atoms with Gasteiger partial charge in [0.1, 0.15) is 5.75 Å². The molecule has 0 aromatic heterocycles. The van der Waals surface area contributed by atoms with Gasteiger partial charge in [-0.15, -0.1) is 0 Å². The van der Waals surface area contributed by atoms with Crippen LogP contribution in [0.3, 0.4) is 0 Å². The van der Waals surface area contributed by atoms with Gasteiger partial charge in [0.05, 0.1) is 7.11 Å². The minimum Gasteiger partial charge on any atom is -0.504 e. The highest BCUT2D eigenvalue weighted by molar-refractivity contribution is 5.89. The van der Waals surface area contributed by atoms with Crippen LogP contribution < -0.4 is 9.47 Å². The average Bonchev–Trinajstić information content (AvgIpc) is 2.55. The molecule has 0 unspecified atom stereocenters. The number of benzene rings is 2. The smallest absolute Gasteiger partial charge is 0.336 e. The number of carbonyl (C=O) groups is 1. The highest BCUT2D eigenvalue weighted by atomic mass is 16.5. The second-order valence-corrected chi connectivity index (χ2v) is 5.88. The molecule has 4 nitrogen and oxygen atoms in total. The van der Waals surface area contributed by atoms with Gasteiger partial charge in [-0.1, -0.05) is 37.6 Å². The van der Waals surface area contributed by atoms with Gasteiger partial charge in [0.2, 0.25) is 0 Å². The summed E-state index contributed by atoms with van der Waals surface area (Å²) in [6, 6.07) is 10.6. The summed E-state index contributed by atoms with van der Waals surface area (Å²) in [6.07, 6.45) is 2.98. The maximum Gasteiger partial charge on any atom is 0.336 e. The lowest BCUT2D eigenvalue weighted by molar-refractivity contribution is -0.128. The van der Waals surface area contributed by atoms with Crippen LogP contribution >= 0.6 is 0 Å². The normalized spacial score (nSPS) is 11.0. The molecular formula is C20H22O4. The van der Waals surface area contributed by atoms with E-state index in [1.807, 2.05) is 25.1 Å². The zero-order valence-corrected chi connectivity index (χ0v) is 14.4. The first kappa shape index (κ1) is 17.6. The quantitative estimate of drug-likeness (QED) is 0.501. The first-order chi connectivity index (χ1) is 11.4. The van der Waals surface area contributed by atoms with Crippen molar-refractivity contribution >= 4 is 12.0 Å². The van der Waals surface area contributed by atoms with Gasteiger partial charge in [0.25, 0.3) is 0 Å². The van der Waals surface area contributed by atoms with Gasteiger partial charge in [-0.05, 0) is 48.2 Å². The number of methoxy groups -OCH3 is 1. The van der Waals surface area contributed by atoms with Crippen LogP contribution in [0.15, 0.2) is 42.5 Å². The largest absolute Gasteiger partial charge is 0.504 e. The number of carbonyl (C=O) groups excluding carboxylic acids is 1. The molecular weight excluding hydrogens is 304 g/mol. The molecule has 0 fully saturated rings. The number of ether oxygens (including phenoxy) is 2. The Morgan fingerprint density at radius 3 is 2.54 bits per heavy atom. The van der Waals surface area contributed by atoms with E-state index in [0.717, 1.165) is 16.7 Å². The van der Waals surface area contributed by atoms with Crippen molar-refractivity contribution in [3.8, 4) is 17.2 Å². The maximum atomic E-state index is 12.1. The molecule has 0 saturated heterocycles. The van der Waals surface area contributed by atoms with Crippen molar-refractivity contribution in [3.63, 3.8) is 0 Å². The van der Waals surface area contributed by atoms with E-state index in [1.165, 1.54) is 19.3 Å². The van der Waals surface area contributed by atoms with Crippen molar-refractivity contribution in [2.24, 2.45) is 0 Å². The molecule has 0 heterocycles. The van der Waals surface area contributed by atoms with Crippen molar-refractivity contribution < 1.29 is 19.4 Å². The molecule has 126 valence electrons. The van der Waals surface area contributed by atoms with E-state index in [-0.39, 0.29) is 11.7 Å². The Kier molecular flexibility index (Phi) is 5.64. The molecule has 0 spiro atoms. The minimum absolute atomic E-state index is 0.0541. The van der Waals surface area contributed by atoms with E-state index in [4.69, 9.17) is 9.47 Å². The standard InChI is InChI=1S/C20H22O4/c1-13(2)16-11-14(3)5-9-18(16)24-20(22)10-7-15-6-8-17(21)19(12-15)23-4/h5-13,21H,1-4H3/b10-7+. The third-order valence-electron chi connectivity index (χ3n) is 3.61. The molecule has 0 radical (unpaired) electrons. The molecule has 0 aliphatic carbocycles. The van der Waals surface area contributed by atoms with Crippen molar-refractivity contribution in [2.75, 3.05) is 7.11 Å². The predicted molar refractivity (Wildman–Crippen MR) is 94.6 cm³/mol. The second-order valence-electron chi connectivity index (χ2n) is 5.88. The molecule has 0 aliphatic rings. The SMILES string of the molecule is COc1cc(/C=C/C(=O)Oc2ccc(C)cc2C(C)C)ccc1O. The Morgan fingerprint density at radius 2 is 1.88 bits per heavy atom. The molecule has 0 saturated carbocycles. The van der Waals surface area contributed by atoms with Gasteiger partial charge >= 0.3 is 5.97 Å². The first-order valence-electron chi connectivity index (χ1n) is 7.78. The van der Waals surface area contributed by atoms with E-state index >= 15 is 0 Å². The van der Waals surface area contributed by atoms with Crippen molar-refractivity contribution in [1.29, 1.82) is 0 Å². The molecule has 2 rings (SSSR count). The van der Waals surface area contributed by atoms with Crippen LogP contribution in [0.1, 0.15) is 36.5 Å². The van der Waals surface area contributed by atoms with Crippen LogP contribution in [0.25, 0.3) is 6.08 Å². The van der Waals surface area contributed by atoms with Crippen LogP contribution in [-0.4, -0.2) is 18.2 Å². The number of hydrogen-bond acceptors (Lipinski definition) is 4. The van der Waals surface area contributed by atoms with Crippen LogP contribution in [0, 0.1) is 6.92 Å². The fourth-order valence-electron chi connectivity index (χ4n) is 2.32. The third kappa shape index (κ3) is 4.38. The van der Waals surface area contributed by atoms with Crippen LogP contribution in [0.4, 0.5) is 0 Å². The van der Waals surface area contributed by atoms with Gasteiger partial charge in [0.15, 0.2) is 11.5 Å². The molecule has 1 N–H and O–H groups in total. The minimum atomic E-state index is -0.451. The molecule has 2 aromatic rings. The van der Waals surface area contributed by atoms with Gasteiger partial charge in [-0.2, -0.15) is 0 Å². The van der Waals surface area contributed by atoms with E-state index in [9.17, 15) is 9.90 Å². The number of aryl methyl sites for hydroxylation is 1. The summed E-state index contributed by atoms with van der Waals surface area (Å²) in [5, 5.41) is 9.57. The zero-order chi connectivity index (χ0) is 17.7. The fourth-order valence-corrected chi connectivity index (χ4v) is 2.32. The third-order valence-corrected chi connectivity index (χ3v) is 3.61. The van der Waals surface area contributed by atoms with Crippen LogP contribution in [0.5, 0.6) is 17.2 Å². The topological polar surface area (TPSA) is 55.8 Å². The lowest BCUT2D eigenvalue weighted by atomic mass is 10.00. The van der Waals surface area contributed by atoms with Crippen molar-refractivity contribution in [3.05, 3.63) is 59.2 Å². The predicted octanol–water partition coefficient (Wildman–Crippen LogP) is 4.45. The Bertz CT molecular complexity index is 760. The van der Waals surface area contributed by atoms with Crippen molar-refractivity contribution in [1.82, 2.24) is 0 Å². The maximum absolute atomic E-state index is 12.1. The summed E-state index contributed by atoms with van der Waals surface area (Å²) in [6.45, 7) is 6.13. The van der Waals surface area contributed by atoms with Gasteiger partial charge in [-0.25, -0.2) is 4.79 Å². The summed E-state index contributed by atoms with van der Waals surface area (Å²) in [4.78, 5) is 12.1. The number of esters is 1. The van der Waals surface area contributed by atoms with E-state index in [2.05, 4.69) is 13.8 Å². The average molecular weight is 326 g/mol. The Balaban J connectivity index is 2.14. The molecule has 0 bridgehead atoms. The number of phenolic OH excluding ortho intramolecular Hbond substituents is 1. The van der Waals surface area contributed by atoms with E-state index < -0.39 is 5.97 Å². The lowest BCUT2D eigenvalue weighted by Crippen LogP contribution is -2.06. The van der Waals surface area contributed by atoms with Crippen LogP contribution in [-0.2, 0) is 4.79 Å². The molecule has 4 heteroatoms. The van der Waals surface area contributed by atoms with E-state index in [0.29, 0.717) is 11.5 Å². The van der Waals surface area contributed by atoms with Gasteiger partial charge in [-0.3, -0.25) is 0 Å². The number of phenols is 1. The van der Waals surface area contributed by atoms with Gasteiger partial charge in [0, 0.05) is 6.08 Å². The highest BCUT2D eigenvalue weighted by Gasteiger charge is 2.11.